The lowest BCUT2D eigenvalue weighted by atomic mass is 10.2. The maximum Gasteiger partial charge on any atom is 0.305 e. The zero-order chi connectivity index (χ0) is 13.1. The summed E-state index contributed by atoms with van der Waals surface area (Å²) in [5.74, 6) is -1.09. The summed E-state index contributed by atoms with van der Waals surface area (Å²) in [7, 11) is 0. The van der Waals surface area contributed by atoms with Crippen molar-refractivity contribution in [2.24, 2.45) is 5.73 Å². The van der Waals surface area contributed by atoms with Crippen LogP contribution in [0.2, 0.25) is 0 Å². The molecule has 0 aromatic carbocycles. The number of aliphatic carboxylic acids is 1. The van der Waals surface area contributed by atoms with Crippen LogP contribution in [0.5, 0.6) is 0 Å². The number of hydrogen-bond donors (Lipinski definition) is 4. The molecule has 1 aliphatic rings. The fourth-order valence-corrected chi connectivity index (χ4v) is 1.65. The van der Waals surface area contributed by atoms with E-state index in [0.717, 1.165) is 13.1 Å². The first-order valence-electron chi connectivity index (χ1n) is 5.60. The molecule has 18 heavy (non-hydrogen) atoms. The summed E-state index contributed by atoms with van der Waals surface area (Å²) in [6.45, 7) is 1.59. The predicted octanol–water partition coefficient (Wildman–Crippen LogP) is -1.23. The van der Waals surface area contributed by atoms with Crippen LogP contribution in [0.25, 0.3) is 0 Å². The maximum atomic E-state index is 11.7. The van der Waals surface area contributed by atoms with Crippen LogP contribution in [0, 0.1) is 0 Å². The zero-order valence-electron chi connectivity index (χ0n) is 9.67. The van der Waals surface area contributed by atoms with E-state index in [4.69, 9.17) is 10.8 Å². The van der Waals surface area contributed by atoms with Gasteiger partial charge in [-0.25, -0.2) is 4.68 Å². The molecular formula is C10H15N5O3. The fourth-order valence-electron chi connectivity index (χ4n) is 1.65. The minimum Gasteiger partial charge on any atom is -0.481 e. The quantitative estimate of drug-likeness (QED) is 0.521. The van der Waals surface area contributed by atoms with E-state index < -0.39 is 24.3 Å². The number of nitrogens with zero attached hydrogens (tertiary/aromatic N) is 2. The Balaban J connectivity index is 1.98. The van der Waals surface area contributed by atoms with Crippen molar-refractivity contribution in [1.82, 2.24) is 15.1 Å². The Morgan fingerprint density at radius 2 is 2.39 bits per heavy atom. The number of nitrogens with one attached hydrogen (secondary N) is 2. The molecule has 1 aromatic rings. The van der Waals surface area contributed by atoms with Gasteiger partial charge in [-0.2, -0.15) is 5.10 Å². The average molecular weight is 253 g/mol. The zero-order valence-corrected chi connectivity index (χ0v) is 9.67. The van der Waals surface area contributed by atoms with Gasteiger partial charge in [-0.15, -0.1) is 0 Å². The minimum absolute atomic E-state index is 0.214. The largest absolute Gasteiger partial charge is 0.481 e. The van der Waals surface area contributed by atoms with Gasteiger partial charge in [0.2, 0.25) is 5.91 Å². The van der Waals surface area contributed by atoms with Gasteiger partial charge in [-0.05, 0) is 0 Å². The SMILES string of the molecule is NC(CC(=O)O)C(=O)Nc1ccnn1C1CNC1. The van der Waals surface area contributed by atoms with Crippen molar-refractivity contribution in [3.05, 3.63) is 12.3 Å². The lowest BCUT2D eigenvalue weighted by Crippen LogP contribution is -2.45. The van der Waals surface area contributed by atoms with Gasteiger partial charge < -0.3 is 21.5 Å². The van der Waals surface area contributed by atoms with Gasteiger partial charge in [-0.1, -0.05) is 0 Å². The Kier molecular flexibility index (Phi) is 3.58. The molecule has 98 valence electrons. The highest BCUT2D eigenvalue weighted by Gasteiger charge is 2.24. The molecule has 1 saturated heterocycles. The molecule has 5 N–H and O–H groups in total. The lowest BCUT2D eigenvalue weighted by molar-refractivity contribution is -0.138. The van der Waals surface area contributed by atoms with E-state index in [2.05, 4.69) is 15.7 Å². The summed E-state index contributed by atoms with van der Waals surface area (Å²) in [5, 5.41) is 18.4. The minimum atomic E-state index is -1.10. The number of nitrogens with two attached hydrogens (primary N) is 1. The van der Waals surface area contributed by atoms with Crippen molar-refractivity contribution in [2.75, 3.05) is 18.4 Å². The first-order chi connectivity index (χ1) is 8.58. The Hall–Kier alpha value is -1.93. The number of carbonyl (C=O) groups is 2. The molecule has 1 unspecified atom stereocenters. The van der Waals surface area contributed by atoms with Gasteiger partial charge in [0.05, 0.1) is 24.7 Å². The molecule has 0 bridgehead atoms. The van der Waals surface area contributed by atoms with Crippen LogP contribution >= 0.6 is 0 Å². The molecule has 2 rings (SSSR count). The van der Waals surface area contributed by atoms with Crippen LogP contribution in [0.1, 0.15) is 12.5 Å². The van der Waals surface area contributed by atoms with E-state index in [1.54, 1.807) is 16.9 Å². The number of carboxylic acids is 1. The second-order valence-electron chi connectivity index (χ2n) is 4.17. The lowest BCUT2D eigenvalue weighted by Gasteiger charge is -2.28. The molecule has 0 saturated carbocycles. The predicted molar refractivity (Wildman–Crippen MR) is 63.0 cm³/mol. The standard InChI is InChI=1S/C10H15N5O3/c11-7(3-9(16)17)10(18)14-8-1-2-13-15(8)6-4-12-5-6/h1-2,6-7,12H,3-5,11H2,(H,14,18)(H,16,17). The number of carboxylic acid groups (broad SMARTS) is 1. The Morgan fingerprint density at radius 3 is 2.94 bits per heavy atom. The van der Waals surface area contributed by atoms with Gasteiger partial charge >= 0.3 is 5.97 Å². The number of carbonyl (C=O) groups excluding carboxylic acids is 1. The molecule has 1 amide bonds. The topological polar surface area (TPSA) is 122 Å². The normalized spacial score (nSPS) is 16.9. The van der Waals surface area contributed by atoms with Gasteiger partial charge in [-0.3, -0.25) is 9.59 Å². The Labute approximate surface area is 103 Å². The molecule has 0 spiro atoms. The number of rotatable bonds is 5. The number of anilines is 1. The van der Waals surface area contributed by atoms with Gasteiger partial charge in [0.25, 0.3) is 0 Å². The monoisotopic (exact) mass is 253 g/mol. The van der Waals surface area contributed by atoms with Crippen molar-refractivity contribution < 1.29 is 14.7 Å². The van der Waals surface area contributed by atoms with Crippen molar-refractivity contribution in [3.8, 4) is 0 Å². The van der Waals surface area contributed by atoms with Crippen molar-refractivity contribution in [3.63, 3.8) is 0 Å². The molecule has 1 fully saturated rings. The van der Waals surface area contributed by atoms with E-state index in [0.29, 0.717) is 5.82 Å². The Bertz CT molecular complexity index is 454. The summed E-state index contributed by atoms with van der Waals surface area (Å²) in [5.41, 5.74) is 5.47. The van der Waals surface area contributed by atoms with Crippen molar-refractivity contribution in [2.45, 2.75) is 18.5 Å². The second-order valence-corrected chi connectivity index (χ2v) is 4.17. The molecule has 8 nitrogen and oxygen atoms in total. The molecule has 1 aromatic heterocycles. The average Bonchev–Trinajstić information content (AvgIpc) is 2.62. The third-order valence-electron chi connectivity index (χ3n) is 2.76. The molecule has 0 aliphatic carbocycles. The molecule has 1 atom stereocenters. The van der Waals surface area contributed by atoms with E-state index in [1.165, 1.54) is 0 Å². The van der Waals surface area contributed by atoms with E-state index >= 15 is 0 Å². The number of aromatic nitrogens is 2. The summed E-state index contributed by atoms with van der Waals surface area (Å²) >= 11 is 0. The highest BCUT2D eigenvalue weighted by molar-refractivity contribution is 5.96. The fraction of sp³-hybridized carbons (Fsp3) is 0.500. The second kappa shape index (κ2) is 5.15. The van der Waals surface area contributed by atoms with Gasteiger partial charge in [0, 0.05) is 19.2 Å². The van der Waals surface area contributed by atoms with Gasteiger partial charge in [0.15, 0.2) is 0 Å². The van der Waals surface area contributed by atoms with Crippen molar-refractivity contribution >= 4 is 17.7 Å². The smallest absolute Gasteiger partial charge is 0.305 e. The third kappa shape index (κ3) is 2.66. The van der Waals surface area contributed by atoms with Crippen molar-refractivity contribution in [1.29, 1.82) is 0 Å². The molecule has 1 aliphatic heterocycles. The van der Waals surface area contributed by atoms with E-state index in [-0.39, 0.29) is 6.04 Å². The summed E-state index contributed by atoms with van der Waals surface area (Å²) in [6.07, 6.45) is 1.18. The highest BCUT2D eigenvalue weighted by Crippen LogP contribution is 2.17. The summed E-state index contributed by atoms with van der Waals surface area (Å²) in [4.78, 5) is 22.1. The van der Waals surface area contributed by atoms with Crippen LogP contribution in [-0.4, -0.2) is 45.9 Å². The maximum absolute atomic E-state index is 11.7. The summed E-state index contributed by atoms with van der Waals surface area (Å²) < 4.78 is 1.70. The van der Waals surface area contributed by atoms with E-state index in [9.17, 15) is 9.59 Å². The van der Waals surface area contributed by atoms with Crippen LogP contribution in [-0.2, 0) is 9.59 Å². The molecular weight excluding hydrogens is 238 g/mol. The van der Waals surface area contributed by atoms with Crippen LogP contribution < -0.4 is 16.4 Å². The summed E-state index contributed by atoms with van der Waals surface area (Å²) in [6, 6.07) is 0.806. The number of amides is 1. The number of hydrogen-bond acceptors (Lipinski definition) is 5. The van der Waals surface area contributed by atoms with Gasteiger partial charge in [0.1, 0.15) is 5.82 Å². The van der Waals surface area contributed by atoms with Crippen LogP contribution in [0.15, 0.2) is 12.3 Å². The highest BCUT2D eigenvalue weighted by atomic mass is 16.4. The molecule has 2 heterocycles. The van der Waals surface area contributed by atoms with Crippen LogP contribution in [0.3, 0.4) is 0 Å². The van der Waals surface area contributed by atoms with E-state index in [1.807, 2.05) is 0 Å². The molecule has 0 radical (unpaired) electrons. The first kappa shape index (κ1) is 12.5. The van der Waals surface area contributed by atoms with Crippen LogP contribution in [0.4, 0.5) is 5.82 Å². The molecule has 8 heteroatoms. The third-order valence-corrected chi connectivity index (χ3v) is 2.76. The first-order valence-corrected chi connectivity index (χ1v) is 5.60. The Morgan fingerprint density at radius 1 is 1.67 bits per heavy atom.